The van der Waals surface area contributed by atoms with Crippen molar-refractivity contribution >= 4 is 39.5 Å². The van der Waals surface area contributed by atoms with Gasteiger partial charge >= 0.3 is 11.9 Å². The summed E-state index contributed by atoms with van der Waals surface area (Å²) in [5.74, 6) is -2.03. The number of fused-ring (bicyclic) bond motifs is 1. The minimum atomic E-state index is -0.521. The quantitative estimate of drug-likeness (QED) is 0.609. The Morgan fingerprint density at radius 2 is 2.16 bits per heavy atom. The lowest BCUT2D eigenvalue weighted by molar-refractivity contribution is -0.157. The predicted molar refractivity (Wildman–Crippen MR) is 91.9 cm³/mol. The zero-order chi connectivity index (χ0) is 17.7. The number of halogens is 1. The Morgan fingerprint density at radius 3 is 2.92 bits per heavy atom. The molecule has 3 fully saturated rings. The third kappa shape index (κ3) is 2.74. The molecule has 2 aliphatic carbocycles. The molecule has 7 heteroatoms. The van der Waals surface area contributed by atoms with Crippen molar-refractivity contribution in [3.8, 4) is 0 Å². The van der Waals surface area contributed by atoms with Crippen LogP contribution in [0.3, 0.4) is 0 Å². The molecule has 6 nitrogen and oxygen atoms in total. The molecule has 3 aliphatic rings. The number of esters is 2. The molecular formula is C18H18BrNO5. The zero-order valence-corrected chi connectivity index (χ0v) is 15.2. The van der Waals surface area contributed by atoms with Crippen LogP contribution in [0, 0.1) is 30.6 Å². The van der Waals surface area contributed by atoms with Crippen molar-refractivity contribution in [3.05, 3.63) is 29.8 Å². The van der Waals surface area contributed by atoms with E-state index in [1.165, 1.54) is 0 Å². The van der Waals surface area contributed by atoms with Crippen LogP contribution in [0.5, 0.6) is 0 Å². The van der Waals surface area contributed by atoms with Crippen LogP contribution in [0.4, 0.5) is 5.69 Å². The van der Waals surface area contributed by atoms with Gasteiger partial charge in [-0.3, -0.25) is 14.4 Å². The third-order valence-corrected chi connectivity index (χ3v) is 6.64. The number of amides is 1. The SMILES string of the molecule is Cc1cccc(NC(=O)COC(=O)[C@@H]2[C@H]3C[C@H]4[C@H](OC(=O)[C@H]42)[C@H]3Br)c1. The Kier molecular flexibility index (Phi) is 4.06. The minimum absolute atomic E-state index is 0.0149. The number of hydrogen-bond acceptors (Lipinski definition) is 5. The molecule has 2 saturated carbocycles. The van der Waals surface area contributed by atoms with E-state index in [0.29, 0.717) is 5.69 Å². The van der Waals surface area contributed by atoms with Crippen molar-refractivity contribution in [2.75, 3.05) is 11.9 Å². The molecule has 4 rings (SSSR count). The highest BCUT2D eigenvalue weighted by molar-refractivity contribution is 9.09. The number of anilines is 1. The van der Waals surface area contributed by atoms with Gasteiger partial charge in [-0.1, -0.05) is 28.1 Å². The average molecular weight is 408 g/mol. The van der Waals surface area contributed by atoms with Crippen LogP contribution in [-0.2, 0) is 23.9 Å². The monoisotopic (exact) mass is 407 g/mol. The molecule has 0 radical (unpaired) electrons. The van der Waals surface area contributed by atoms with Crippen molar-refractivity contribution in [1.29, 1.82) is 0 Å². The van der Waals surface area contributed by atoms with Gasteiger partial charge in [-0.25, -0.2) is 0 Å². The van der Waals surface area contributed by atoms with Crippen LogP contribution >= 0.6 is 15.9 Å². The molecular weight excluding hydrogens is 390 g/mol. The normalized spacial score (nSPS) is 34.7. The molecule has 6 atom stereocenters. The van der Waals surface area contributed by atoms with Crippen molar-refractivity contribution in [1.82, 2.24) is 0 Å². The van der Waals surface area contributed by atoms with E-state index in [1.54, 1.807) is 6.07 Å². The van der Waals surface area contributed by atoms with Crippen LogP contribution < -0.4 is 5.32 Å². The standard InChI is InChI=1S/C18H18BrNO5/c1-8-3-2-4-9(5-8)20-12(21)7-24-17(22)13-10-6-11-14(13)18(23)25-16(11)15(10)19/h2-5,10-11,13-16H,6-7H2,1H3,(H,20,21)/t10-,11-,13-,14-,15+,16+/m1/s1. The first kappa shape index (κ1) is 16.6. The third-order valence-electron chi connectivity index (χ3n) is 5.44. The summed E-state index contributed by atoms with van der Waals surface area (Å²) in [6, 6.07) is 7.37. The van der Waals surface area contributed by atoms with Crippen LogP contribution in [-0.4, -0.2) is 35.4 Å². The van der Waals surface area contributed by atoms with E-state index in [-0.39, 0.29) is 35.3 Å². The maximum atomic E-state index is 12.5. The summed E-state index contributed by atoms with van der Waals surface area (Å²) >= 11 is 3.55. The fourth-order valence-electron chi connectivity index (χ4n) is 4.45. The summed E-state index contributed by atoms with van der Waals surface area (Å²) in [7, 11) is 0. The van der Waals surface area contributed by atoms with Crippen LogP contribution in [0.1, 0.15) is 12.0 Å². The van der Waals surface area contributed by atoms with Gasteiger partial charge in [0.1, 0.15) is 6.10 Å². The predicted octanol–water partition coefficient (Wildman–Crippen LogP) is 2.05. The highest BCUT2D eigenvalue weighted by Gasteiger charge is 2.68. The minimum Gasteiger partial charge on any atom is -0.461 e. The number of carbonyl (C=O) groups is 3. The maximum Gasteiger partial charge on any atom is 0.310 e. The van der Waals surface area contributed by atoms with Crippen molar-refractivity contribution in [2.24, 2.45) is 23.7 Å². The molecule has 132 valence electrons. The van der Waals surface area contributed by atoms with Gasteiger partial charge in [0.2, 0.25) is 0 Å². The lowest BCUT2D eigenvalue weighted by Gasteiger charge is -2.26. The number of benzene rings is 1. The van der Waals surface area contributed by atoms with E-state index in [0.717, 1.165) is 12.0 Å². The number of nitrogens with one attached hydrogen (secondary N) is 1. The van der Waals surface area contributed by atoms with Crippen molar-refractivity contribution in [2.45, 2.75) is 24.3 Å². The molecule has 1 aromatic rings. The van der Waals surface area contributed by atoms with E-state index in [1.807, 2.05) is 25.1 Å². The van der Waals surface area contributed by atoms with Gasteiger partial charge in [-0.05, 0) is 37.0 Å². The van der Waals surface area contributed by atoms with E-state index in [2.05, 4.69) is 21.2 Å². The molecule has 25 heavy (non-hydrogen) atoms. The lowest BCUT2D eigenvalue weighted by Crippen LogP contribution is -2.39. The molecule has 0 aromatic heterocycles. The van der Waals surface area contributed by atoms with Gasteiger partial charge in [0.15, 0.2) is 6.61 Å². The second-order valence-electron chi connectivity index (χ2n) is 6.99. The summed E-state index contributed by atoms with van der Waals surface area (Å²) in [5.41, 5.74) is 1.68. The fraction of sp³-hybridized carbons (Fsp3) is 0.500. The van der Waals surface area contributed by atoms with Gasteiger partial charge in [0.25, 0.3) is 5.91 Å². The largest absolute Gasteiger partial charge is 0.461 e. The molecule has 1 amide bonds. The lowest BCUT2D eigenvalue weighted by atomic mass is 9.80. The van der Waals surface area contributed by atoms with Gasteiger partial charge in [0, 0.05) is 11.6 Å². The average Bonchev–Trinajstić information content (AvgIpc) is 3.17. The Labute approximate surface area is 153 Å². The maximum absolute atomic E-state index is 12.5. The smallest absolute Gasteiger partial charge is 0.310 e. The van der Waals surface area contributed by atoms with Gasteiger partial charge in [-0.15, -0.1) is 0 Å². The van der Waals surface area contributed by atoms with E-state index in [9.17, 15) is 14.4 Å². The van der Waals surface area contributed by atoms with Crippen molar-refractivity contribution in [3.63, 3.8) is 0 Å². The second kappa shape index (κ2) is 6.12. The summed E-state index contributed by atoms with van der Waals surface area (Å²) in [5, 5.41) is 2.70. The first-order chi connectivity index (χ1) is 12.0. The summed E-state index contributed by atoms with van der Waals surface area (Å²) in [6.45, 7) is 1.56. The molecule has 1 heterocycles. The molecule has 1 aromatic carbocycles. The summed E-state index contributed by atoms with van der Waals surface area (Å²) < 4.78 is 10.6. The number of rotatable bonds is 4. The van der Waals surface area contributed by atoms with Gasteiger partial charge in [-0.2, -0.15) is 0 Å². The first-order valence-electron chi connectivity index (χ1n) is 8.33. The van der Waals surface area contributed by atoms with Crippen molar-refractivity contribution < 1.29 is 23.9 Å². The number of carbonyl (C=O) groups excluding carboxylic acids is 3. The Hall–Kier alpha value is -1.89. The fourth-order valence-corrected chi connectivity index (χ4v) is 5.49. The van der Waals surface area contributed by atoms with Gasteiger partial charge in [0.05, 0.1) is 16.7 Å². The van der Waals surface area contributed by atoms with Crippen LogP contribution in [0.15, 0.2) is 24.3 Å². The number of aryl methyl sites for hydroxylation is 1. The Balaban J connectivity index is 1.36. The molecule has 2 bridgehead atoms. The highest BCUT2D eigenvalue weighted by atomic mass is 79.9. The number of ether oxygens (including phenoxy) is 2. The Morgan fingerprint density at radius 1 is 1.36 bits per heavy atom. The second-order valence-corrected chi connectivity index (χ2v) is 8.04. The highest BCUT2D eigenvalue weighted by Crippen LogP contribution is 2.60. The van der Waals surface area contributed by atoms with E-state index < -0.39 is 23.7 Å². The topological polar surface area (TPSA) is 81.7 Å². The van der Waals surface area contributed by atoms with Crippen LogP contribution in [0.2, 0.25) is 0 Å². The molecule has 1 aliphatic heterocycles. The molecule has 1 N–H and O–H groups in total. The molecule has 0 unspecified atom stereocenters. The van der Waals surface area contributed by atoms with E-state index >= 15 is 0 Å². The first-order valence-corrected chi connectivity index (χ1v) is 9.25. The summed E-state index contributed by atoms with van der Waals surface area (Å²) in [4.78, 5) is 36.5. The number of alkyl halides is 1. The Bertz CT molecular complexity index is 751. The van der Waals surface area contributed by atoms with E-state index in [4.69, 9.17) is 9.47 Å². The number of hydrogen-bond donors (Lipinski definition) is 1. The van der Waals surface area contributed by atoms with Gasteiger partial charge < -0.3 is 14.8 Å². The molecule has 0 spiro atoms. The summed E-state index contributed by atoms with van der Waals surface area (Å²) in [6.07, 6.45) is 0.655. The zero-order valence-electron chi connectivity index (χ0n) is 13.6. The molecule has 1 saturated heterocycles. The van der Waals surface area contributed by atoms with Crippen LogP contribution in [0.25, 0.3) is 0 Å².